The molecule has 1 aliphatic rings. The molecule has 0 spiro atoms. The number of anilines is 1. The minimum absolute atomic E-state index is 0.140. The Morgan fingerprint density at radius 1 is 1.14 bits per heavy atom. The van der Waals surface area contributed by atoms with Crippen LogP contribution in [-0.4, -0.2) is 23.5 Å². The van der Waals surface area contributed by atoms with Crippen molar-refractivity contribution in [1.29, 1.82) is 0 Å². The Hall–Kier alpha value is -2.34. The average molecular weight is 534 g/mol. The SMILES string of the molecule is CCC(C)(C)C1CCc2nc3ccccc3c(C(=O)OCC(=O)Nc3c(Cl)cc(Cl)cc3Cl)c2C1. The van der Waals surface area contributed by atoms with Gasteiger partial charge in [-0.15, -0.1) is 0 Å². The molecule has 1 aromatic heterocycles. The van der Waals surface area contributed by atoms with Crippen molar-refractivity contribution in [3.8, 4) is 0 Å². The molecule has 0 radical (unpaired) electrons. The van der Waals surface area contributed by atoms with Gasteiger partial charge < -0.3 is 10.1 Å². The van der Waals surface area contributed by atoms with Crippen molar-refractivity contribution >= 4 is 63.3 Å². The Kier molecular flexibility index (Phi) is 7.60. The summed E-state index contributed by atoms with van der Waals surface area (Å²) in [6.45, 7) is 6.25. The first kappa shape index (κ1) is 25.7. The van der Waals surface area contributed by atoms with Crippen LogP contribution < -0.4 is 5.32 Å². The van der Waals surface area contributed by atoms with E-state index in [1.807, 2.05) is 24.3 Å². The second-order valence-corrected chi connectivity index (χ2v) is 10.8. The lowest BCUT2D eigenvalue weighted by molar-refractivity contribution is -0.119. The number of amides is 1. The van der Waals surface area contributed by atoms with Gasteiger partial charge in [0, 0.05) is 16.1 Å². The first-order valence-corrected chi connectivity index (χ1v) is 12.8. The fraction of sp³-hybridized carbons (Fsp3) is 0.370. The Bertz CT molecular complexity index is 1280. The number of aromatic nitrogens is 1. The van der Waals surface area contributed by atoms with Crippen LogP contribution in [-0.2, 0) is 22.4 Å². The van der Waals surface area contributed by atoms with Gasteiger partial charge in [0.2, 0.25) is 0 Å². The zero-order chi connectivity index (χ0) is 25.3. The van der Waals surface area contributed by atoms with Crippen LogP contribution in [0.4, 0.5) is 5.69 Å². The van der Waals surface area contributed by atoms with E-state index < -0.39 is 18.5 Å². The van der Waals surface area contributed by atoms with Crippen molar-refractivity contribution < 1.29 is 14.3 Å². The smallest absolute Gasteiger partial charge is 0.339 e. The summed E-state index contributed by atoms with van der Waals surface area (Å²) in [5.41, 5.74) is 3.46. The molecular formula is C27H27Cl3N2O3. The van der Waals surface area contributed by atoms with Crippen LogP contribution in [0.25, 0.3) is 10.9 Å². The van der Waals surface area contributed by atoms with E-state index >= 15 is 0 Å². The highest BCUT2D eigenvalue weighted by atomic mass is 35.5. The van der Waals surface area contributed by atoms with Gasteiger partial charge in [0.15, 0.2) is 6.61 Å². The number of carbonyl (C=O) groups is 2. The molecule has 0 fully saturated rings. The number of carbonyl (C=O) groups excluding carboxylic acids is 2. The number of para-hydroxylation sites is 1. The van der Waals surface area contributed by atoms with Crippen LogP contribution >= 0.6 is 34.8 Å². The molecule has 1 amide bonds. The number of aryl methyl sites for hydroxylation is 1. The number of fused-ring (bicyclic) bond motifs is 2. The number of nitrogens with one attached hydrogen (secondary N) is 1. The third-order valence-electron chi connectivity index (χ3n) is 7.09. The Balaban J connectivity index is 1.60. The van der Waals surface area contributed by atoms with Gasteiger partial charge in [-0.1, -0.05) is 80.2 Å². The third-order valence-corrected chi connectivity index (χ3v) is 7.90. The molecule has 1 atom stereocenters. The van der Waals surface area contributed by atoms with E-state index in [0.29, 0.717) is 16.5 Å². The molecule has 2 aromatic carbocycles. The summed E-state index contributed by atoms with van der Waals surface area (Å²) >= 11 is 18.2. The highest BCUT2D eigenvalue weighted by molar-refractivity contribution is 6.42. The van der Waals surface area contributed by atoms with Gasteiger partial charge in [0.25, 0.3) is 5.91 Å². The number of esters is 1. The highest BCUT2D eigenvalue weighted by Gasteiger charge is 2.34. The number of halogens is 3. The number of rotatable bonds is 6. The van der Waals surface area contributed by atoms with Crippen molar-refractivity contribution in [3.63, 3.8) is 0 Å². The zero-order valence-electron chi connectivity index (χ0n) is 19.9. The van der Waals surface area contributed by atoms with Crippen LogP contribution in [0.3, 0.4) is 0 Å². The zero-order valence-corrected chi connectivity index (χ0v) is 22.2. The van der Waals surface area contributed by atoms with Crippen molar-refractivity contribution in [1.82, 2.24) is 4.98 Å². The van der Waals surface area contributed by atoms with Crippen molar-refractivity contribution in [3.05, 3.63) is 68.3 Å². The molecule has 3 aromatic rings. The molecule has 0 bridgehead atoms. The maximum atomic E-state index is 13.4. The predicted octanol–water partition coefficient (Wildman–Crippen LogP) is 7.53. The van der Waals surface area contributed by atoms with E-state index in [1.165, 1.54) is 12.1 Å². The maximum Gasteiger partial charge on any atom is 0.339 e. The van der Waals surface area contributed by atoms with Gasteiger partial charge >= 0.3 is 5.97 Å². The molecule has 0 saturated heterocycles. The standard InChI is InChI=1S/C27H27Cl3N2O3/c1-4-27(2,3)15-9-10-22-18(11-15)24(17-7-5-6-8-21(17)31-22)26(34)35-14-23(33)32-25-19(29)12-16(28)13-20(25)30/h5-8,12-13,15H,4,9-11,14H2,1-3H3,(H,32,33). The Morgan fingerprint density at radius 3 is 2.51 bits per heavy atom. The summed E-state index contributed by atoms with van der Waals surface area (Å²) in [4.78, 5) is 30.8. The molecule has 0 aliphatic heterocycles. The summed E-state index contributed by atoms with van der Waals surface area (Å²) in [7, 11) is 0. The molecule has 1 heterocycles. The van der Waals surface area contributed by atoms with Crippen LogP contribution in [0.5, 0.6) is 0 Å². The summed E-state index contributed by atoms with van der Waals surface area (Å²) < 4.78 is 5.50. The Labute approximate surface area is 220 Å². The third kappa shape index (κ3) is 5.42. The predicted molar refractivity (Wildman–Crippen MR) is 142 cm³/mol. The number of ether oxygens (including phenoxy) is 1. The Morgan fingerprint density at radius 2 is 1.83 bits per heavy atom. The summed E-state index contributed by atoms with van der Waals surface area (Å²) in [5, 5.41) is 4.07. The summed E-state index contributed by atoms with van der Waals surface area (Å²) in [6, 6.07) is 10.5. The van der Waals surface area contributed by atoms with E-state index in [-0.39, 0.29) is 21.1 Å². The van der Waals surface area contributed by atoms with E-state index in [0.717, 1.165) is 47.8 Å². The maximum absolute atomic E-state index is 13.4. The lowest BCUT2D eigenvalue weighted by Gasteiger charge is -2.37. The number of hydrogen-bond donors (Lipinski definition) is 1. The monoisotopic (exact) mass is 532 g/mol. The van der Waals surface area contributed by atoms with Gasteiger partial charge in [-0.2, -0.15) is 0 Å². The van der Waals surface area contributed by atoms with Gasteiger partial charge in [-0.25, -0.2) is 4.79 Å². The lowest BCUT2D eigenvalue weighted by atomic mass is 9.68. The van der Waals surface area contributed by atoms with Crippen molar-refractivity contribution in [2.75, 3.05) is 11.9 Å². The second kappa shape index (κ2) is 10.3. The number of nitrogens with zero attached hydrogens (tertiary/aromatic N) is 1. The van der Waals surface area contributed by atoms with E-state index in [1.54, 1.807) is 0 Å². The first-order valence-electron chi connectivity index (χ1n) is 11.6. The highest BCUT2D eigenvalue weighted by Crippen LogP contribution is 2.41. The second-order valence-electron chi connectivity index (χ2n) is 9.58. The van der Waals surface area contributed by atoms with E-state index in [9.17, 15) is 9.59 Å². The number of benzene rings is 2. The summed E-state index contributed by atoms with van der Waals surface area (Å²) in [6.07, 6.45) is 3.63. The topological polar surface area (TPSA) is 68.3 Å². The van der Waals surface area contributed by atoms with Gasteiger partial charge in [-0.05, 0) is 54.4 Å². The van der Waals surface area contributed by atoms with Gasteiger partial charge in [0.1, 0.15) is 0 Å². The molecule has 0 saturated carbocycles. The molecule has 4 rings (SSSR count). The van der Waals surface area contributed by atoms with Crippen LogP contribution in [0.15, 0.2) is 36.4 Å². The quantitative estimate of drug-likeness (QED) is 0.332. The minimum Gasteiger partial charge on any atom is -0.452 e. The fourth-order valence-electron chi connectivity index (χ4n) is 4.62. The van der Waals surface area contributed by atoms with Crippen LogP contribution in [0.2, 0.25) is 15.1 Å². The van der Waals surface area contributed by atoms with Crippen molar-refractivity contribution in [2.24, 2.45) is 11.3 Å². The summed E-state index contributed by atoms with van der Waals surface area (Å²) in [5.74, 6) is -0.674. The van der Waals surface area contributed by atoms with Gasteiger partial charge in [-0.3, -0.25) is 9.78 Å². The minimum atomic E-state index is -0.554. The molecule has 1 unspecified atom stereocenters. The largest absolute Gasteiger partial charge is 0.452 e. The molecule has 1 aliphatic carbocycles. The molecule has 8 heteroatoms. The average Bonchev–Trinajstić information content (AvgIpc) is 2.82. The molecule has 35 heavy (non-hydrogen) atoms. The van der Waals surface area contributed by atoms with Crippen LogP contribution in [0.1, 0.15) is 55.2 Å². The van der Waals surface area contributed by atoms with E-state index in [4.69, 9.17) is 44.5 Å². The van der Waals surface area contributed by atoms with Crippen molar-refractivity contribution in [2.45, 2.75) is 46.5 Å². The number of pyridine rings is 1. The van der Waals surface area contributed by atoms with E-state index in [2.05, 4.69) is 26.1 Å². The molecule has 1 N–H and O–H groups in total. The molecule has 5 nitrogen and oxygen atoms in total. The number of hydrogen-bond acceptors (Lipinski definition) is 4. The lowest BCUT2D eigenvalue weighted by Crippen LogP contribution is -2.31. The van der Waals surface area contributed by atoms with Crippen LogP contribution in [0, 0.1) is 11.3 Å². The molecular weight excluding hydrogens is 507 g/mol. The first-order chi connectivity index (χ1) is 16.6. The normalized spacial score (nSPS) is 15.5. The molecule has 184 valence electrons. The fourth-order valence-corrected chi connectivity index (χ4v) is 5.53. The van der Waals surface area contributed by atoms with Gasteiger partial charge in [0.05, 0.1) is 26.8 Å².